The zero-order valence-electron chi connectivity index (χ0n) is 16.8. The first-order chi connectivity index (χ1) is 15.4. The van der Waals surface area contributed by atoms with E-state index in [4.69, 9.17) is 11.6 Å². The topological polar surface area (TPSA) is 89.0 Å². The number of pyridine rings is 2. The molecule has 8 heteroatoms. The van der Waals surface area contributed by atoms with Gasteiger partial charge in [0.2, 0.25) is 0 Å². The third kappa shape index (κ3) is 5.19. The molecule has 0 aliphatic rings. The lowest BCUT2D eigenvalue weighted by Gasteiger charge is -2.08. The van der Waals surface area contributed by atoms with Gasteiger partial charge in [-0.2, -0.15) is 0 Å². The number of sulfone groups is 1. The molecule has 32 heavy (non-hydrogen) atoms. The quantitative estimate of drug-likeness (QED) is 0.433. The normalized spacial score (nSPS) is 11.2. The number of aromatic nitrogens is 2. The summed E-state index contributed by atoms with van der Waals surface area (Å²) in [6.07, 6.45) is 3.18. The van der Waals surface area contributed by atoms with Crippen LogP contribution in [-0.4, -0.2) is 24.3 Å². The maximum atomic E-state index is 12.6. The summed E-state index contributed by atoms with van der Waals surface area (Å²) >= 11 is 6.00. The number of halogens is 1. The highest BCUT2D eigenvalue weighted by Crippen LogP contribution is 2.22. The molecule has 160 valence electrons. The zero-order chi connectivity index (χ0) is 22.6. The van der Waals surface area contributed by atoms with Crippen molar-refractivity contribution in [3.05, 3.63) is 108 Å². The van der Waals surface area contributed by atoms with E-state index in [1.54, 1.807) is 54.9 Å². The maximum absolute atomic E-state index is 12.6. The van der Waals surface area contributed by atoms with Crippen LogP contribution < -0.4 is 5.32 Å². The van der Waals surface area contributed by atoms with E-state index in [9.17, 15) is 13.2 Å². The van der Waals surface area contributed by atoms with Crippen LogP contribution in [0.2, 0.25) is 5.02 Å². The van der Waals surface area contributed by atoms with Gasteiger partial charge in [-0.3, -0.25) is 14.8 Å². The largest absolute Gasteiger partial charge is 0.322 e. The molecule has 2 aromatic heterocycles. The van der Waals surface area contributed by atoms with Crippen molar-refractivity contribution in [2.45, 2.75) is 10.6 Å². The number of benzene rings is 2. The summed E-state index contributed by atoms with van der Waals surface area (Å²) in [5.74, 6) is -0.542. The fourth-order valence-electron chi connectivity index (χ4n) is 3.07. The van der Waals surface area contributed by atoms with Crippen LogP contribution in [0.3, 0.4) is 0 Å². The number of hydrogen-bond acceptors (Lipinski definition) is 5. The van der Waals surface area contributed by atoms with Gasteiger partial charge >= 0.3 is 0 Å². The highest BCUT2D eigenvalue weighted by atomic mass is 35.5. The van der Waals surface area contributed by atoms with Gasteiger partial charge in [0.1, 0.15) is 0 Å². The molecule has 4 rings (SSSR count). The van der Waals surface area contributed by atoms with Crippen LogP contribution in [0.15, 0.2) is 96.2 Å². The Kier molecular flexibility index (Phi) is 6.30. The predicted molar refractivity (Wildman–Crippen MR) is 124 cm³/mol. The van der Waals surface area contributed by atoms with Crippen LogP contribution in [0, 0.1) is 0 Å². The van der Waals surface area contributed by atoms with E-state index in [0.29, 0.717) is 22.0 Å². The molecule has 0 aliphatic heterocycles. The first-order valence-corrected chi connectivity index (χ1v) is 11.7. The molecule has 1 amide bonds. The van der Waals surface area contributed by atoms with Crippen molar-refractivity contribution in [2.75, 3.05) is 5.32 Å². The first kappa shape index (κ1) is 21.7. The predicted octanol–water partition coefficient (Wildman–Crippen LogP) is 5.02. The van der Waals surface area contributed by atoms with E-state index < -0.39 is 9.84 Å². The Hall–Kier alpha value is -3.55. The Morgan fingerprint density at radius 1 is 0.875 bits per heavy atom. The average molecular weight is 464 g/mol. The highest BCUT2D eigenvalue weighted by molar-refractivity contribution is 7.90. The monoisotopic (exact) mass is 463 g/mol. The van der Waals surface area contributed by atoms with Crippen LogP contribution in [0.1, 0.15) is 16.1 Å². The molecule has 4 aromatic rings. The van der Waals surface area contributed by atoms with Gasteiger partial charge in [-0.1, -0.05) is 29.8 Å². The Morgan fingerprint density at radius 3 is 2.28 bits per heavy atom. The first-order valence-electron chi connectivity index (χ1n) is 9.67. The van der Waals surface area contributed by atoms with E-state index in [0.717, 1.165) is 11.3 Å². The van der Waals surface area contributed by atoms with Crippen molar-refractivity contribution in [1.29, 1.82) is 0 Å². The van der Waals surface area contributed by atoms with E-state index in [1.807, 2.05) is 12.1 Å². The van der Waals surface area contributed by atoms with Gasteiger partial charge in [-0.05, 0) is 60.7 Å². The molecule has 0 fully saturated rings. The minimum atomic E-state index is -3.56. The average Bonchev–Trinajstić information content (AvgIpc) is 2.80. The number of carbonyl (C=O) groups is 1. The van der Waals surface area contributed by atoms with Crippen LogP contribution in [0.25, 0.3) is 11.3 Å². The Balaban J connectivity index is 1.44. The van der Waals surface area contributed by atoms with Crippen molar-refractivity contribution >= 4 is 33.0 Å². The number of nitrogens with one attached hydrogen (secondary N) is 1. The molecule has 2 heterocycles. The van der Waals surface area contributed by atoms with Gasteiger partial charge in [0, 0.05) is 34.2 Å². The number of carbonyl (C=O) groups excluding carboxylic acids is 1. The van der Waals surface area contributed by atoms with Crippen LogP contribution in [0.4, 0.5) is 5.69 Å². The smallest absolute Gasteiger partial charge is 0.255 e. The van der Waals surface area contributed by atoms with Gasteiger partial charge in [-0.25, -0.2) is 8.42 Å². The maximum Gasteiger partial charge on any atom is 0.255 e. The lowest BCUT2D eigenvalue weighted by Crippen LogP contribution is -2.12. The van der Waals surface area contributed by atoms with Gasteiger partial charge in [-0.15, -0.1) is 0 Å². The number of amides is 1. The molecule has 1 N–H and O–H groups in total. The molecular weight excluding hydrogens is 446 g/mol. The Morgan fingerprint density at radius 2 is 1.62 bits per heavy atom. The van der Waals surface area contributed by atoms with Gasteiger partial charge in [0.05, 0.1) is 22.0 Å². The zero-order valence-corrected chi connectivity index (χ0v) is 18.3. The van der Waals surface area contributed by atoms with Gasteiger partial charge in [0.25, 0.3) is 5.91 Å². The summed E-state index contributed by atoms with van der Waals surface area (Å²) < 4.78 is 25.2. The fourth-order valence-corrected chi connectivity index (χ4v) is 4.50. The summed E-state index contributed by atoms with van der Waals surface area (Å²) in [6, 6.07) is 21.6. The summed E-state index contributed by atoms with van der Waals surface area (Å²) in [7, 11) is -3.56. The second kappa shape index (κ2) is 9.30. The van der Waals surface area contributed by atoms with Crippen LogP contribution >= 0.6 is 11.6 Å². The second-order valence-corrected chi connectivity index (χ2v) is 9.42. The summed E-state index contributed by atoms with van der Waals surface area (Å²) in [6.45, 7) is 0. The van der Waals surface area contributed by atoms with Crippen LogP contribution in [0.5, 0.6) is 0 Å². The van der Waals surface area contributed by atoms with E-state index in [1.165, 1.54) is 24.3 Å². The fraction of sp³-hybridized carbons (Fsp3) is 0.0417. The molecule has 0 spiro atoms. The third-order valence-electron chi connectivity index (χ3n) is 4.70. The van der Waals surface area contributed by atoms with E-state index in [2.05, 4.69) is 15.3 Å². The summed E-state index contributed by atoms with van der Waals surface area (Å²) in [5, 5.41) is 3.40. The van der Waals surface area contributed by atoms with Crippen LogP contribution in [-0.2, 0) is 15.6 Å². The Labute approximate surface area is 190 Å². The molecule has 6 nitrogen and oxygen atoms in total. The van der Waals surface area contributed by atoms with Crippen molar-refractivity contribution in [1.82, 2.24) is 9.97 Å². The molecule has 0 atom stereocenters. The molecule has 0 saturated carbocycles. The molecular formula is C24H18ClN3O3S. The summed E-state index contributed by atoms with van der Waals surface area (Å²) in [5.41, 5.74) is 3.02. The lowest BCUT2D eigenvalue weighted by atomic mass is 10.1. The Bertz CT molecular complexity index is 1340. The second-order valence-electron chi connectivity index (χ2n) is 7.00. The van der Waals surface area contributed by atoms with Crippen molar-refractivity contribution in [3.63, 3.8) is 0 Å². The van der Waals surface area contributed by atoms with Crippen molar-refractivity contribution in [3.8, 4) is 11.3 Å². The van der Waals surface area contributed by atoms with E-state index in [-0.39, 0.29) is 16.6 Å². The van der Waals surface area contributed by atoms with Crippen molar-refractivity contribution in [2.24, 2.45) is 0 Å². The SMILES string of the molecule is O=C(Nc1ccc(-c2cc(Cl)ccn2)cc1)c1ccc(S(=O)(=O)Cc2ccccn2)cc1. The molecule has 0 saturated heterocycles. The lowest BCUT2D eigenvalue weighted by molar-refractivity contribution is 0.102. The van der Waals surface area contributed by atoms with E-state index >= 15 is 0 Å². The molecule has 0 bridgehead atoms. The standard InChI is InChI=1S/C24H18ClN3O3S/c25-19-12-14-27-23(15-19)17-4-8-20(9-5-17)28-24(29)18-6-10-22(11-7-18)32(30,31)16-21-3-1-2-13-26-21/h1-15H,16H2,(H,28,29). The molecule has 0 radical (unpaired) electrons. The number of nitrogens with zero attached hydrogens (tertiary/aromatic N) is 2. The molecule has 0 unspecified atom stereocenters. The minimum absolute atomic E-state index is 0.137. The third-order valence-corrected chi connectivity index (χ3v) is 6.60. The number of anilines is 1. The van der Waals surface area contributed by atoms with Gasteiger partial charge in [0.15, 0.2) is 9.84 Å². The molecule has 2 aromatic carbocycles. The summed E-state index contributed by atoms with van der Waals surface area (Å²) in [4.78, 5) is 21.0. The molecule has 0 aliphatic carbocycles. The van der Waals surface area contributed by atoms with Gasteiger partial charge < -0.3 is 5.32 Å². The van der Waals surface area contributed by atoms with Crippen molar-refractivity contribution < 1.29 is 13.2 Å². The number of hydrogen-bond donors (Lipinski definition) is 1. The number of rotatable bonds is 6. The minimum Gasteiger partial charge on any atom is -0.322 e. The highest BCUT2D eigenvalue weighted by Gasteiger charge is 2.17.